The zero-order chi connectivity index (χ0) is 15.3. The molecule has 0 aliphatic carbocycles. The fraction of sp³-hybridized carbons (Fsp3) is 0.923. The van der Waals surface area contributed by atoms with Gasteiger partial charge in [0.1, 0.15) is 6.04 Å². The van der Waals surface area contributed by atoms with Gasteiger partial charge in [0.25, 0.3) is 0 Å². The average molecular weight is 306 g/mol. The van der Waals surface area contributed by atoms with E-state index < -0.39 is 16.1 Å². The van der Waals surface area contributed by atoms with Crippen LogP contribution in [0.4, 0.5) is 0 Å². The Hall–Kier alpha value is -0.660. The fourth-order valence-electron chi connectivity index (χ4n) is 2.53. The van der Waals surface area contributed by atoms with Crippen LogP contribution in [-0.4, -0.2) is 69.2 Å². The second kappa shape index (κ2) is 7.38. The van der Waals surface area contributed by atoms with Gasteiger partial charge in [-0.15, -0.1) is 0 Å². The summed E-state index contributed by atoms with van der Waals surface area (Å²) in [7, 11) is -1.73. The summed E-state index contributed by atoms with van der Waals surface area (Å²) >= 11 is 0. The molecule has 1 aliphatic heterocycles. The molecular weight excluding hydrogens is 280 g/mol. The van der Waals surface area contributed by atoms with Crippen LogP contribution in [0.2, 0.25) is 0 Å². The van der Waals surface area contributed by atoms with Crippen LogP contribution in [0.1, 0.15) is 26.7 Å². The number of amides is 1. The summed E-state index contributed by atoms with van der Waals surface area (Å²) < 4.78 is 29.8. The van der Waals surface area contributed by atoms with Gasteiger partial charge in [-0.05, 0) is 18.8 Å². The number of hydrogen-bond acceptors (Lipinski definition) is 4. The highest BCUT2D eigenvalue weighted by atomic mass is 32.2. The van der Waals surface area contributed by atoms with E-state index in [0.29, 0.717) is 38.6 Å². The van der Waals surface area contributed by atoms with E-state index in [-0.39, 0.29) is 5.91 Å². The molecule has 0 aromatic rings. The van der Waals surface area contributed by atoms with Crippen LogP contribution in [0.15, 0.2) is 0 Å². The van der Waals surface area contributed by atoms with Crippen LogP contribution in [0.3, 0.4) is 0 Å². The SMILES string of the molecule is COCCN(CC(C)C)C(=O)C1CCCN1S(C)(=O)=O. The van der Waals surface area contributed by atoms with E-state index in [9.17, 15) is 13.2 Å². The number of carbonyl (C=O) groups is 1. The molecule has 1 heterocycles. The fourth-order valence-corrected chi connectivity index (χ4v) is 3.65. The van der Waals surface area contributed by atoms with Crippen molar-refractivity contribution in [2.45, 2.75) is 32.7 Å². The van der Waals surface area contributed by atoms with Crippen molar-refractivity contribution < 1.29 is 17.9 Å². The lowest BCUT2D eigenvalue weighted by Crippen LogP contribution is -2.49. The second-order valence-electron chi connectivity index (χ2n) is 5.70. The maximum atomic E-state index is 12.6. The third kappa shape index (κ3) is 4.71. The first-order chi connectivity index (χ1) is 9.27. The number of methoxy groups -OCH3 is 1. The van der Waals surface area contributed by atoms with Crippen LogP contribution in [0, 0.1) is 5.92 Å². The van der Waals surface area contributed by atoms with Crippen molar-refractivity contribution in [3.8, 4) is 0 Å². The summed E-state index contributed by atoms with van der Waals surface area (Å²) in [5.74, 6) is 0.238. The molecule has 1 amide bonds. The van der Waals surface area contributed by atoms with Crippen LogP contribution < -0.4 is 0 Å². The largest absolute Gasteiger partial charge is 0.383 e. The van der Waals surface area contributed by atoms with Gasteiger partial charge in [0, 0.05) is 26.7 Å². The van der Waals surface area contributed by atoms with Crippen molar-refractivity contribution in [1.29, 1.82) is 0 Å². The highest BCUT2D eigenvalue weighted by molar-refractivity contribution is 7.88. The molecule has 1 saturated heterocycles. The van der Waals surface area contributed by atoms with E-state index in [1.54, 1.807) is 12.0 Å². The lowest BCUT2D eigenvalue weighted by atomic mass is 10.1. The first kappa shape index (κ1) is 17.4. The summed E-state index contributed by atoms with van der Waals surface area (Å²) in [6.07, 6.45) is 2.51. The molecular formula is C13H26N2O4S. The molecule has 1 unspecified atom stereocenters. The lowest BCUT2D eigenvalue weighted by Gasteiger charge is -2.30. The standard InChI is InChI=1S/C13H26N2O4S/c1-11(2)10-14(8-9-19-3)13(16)12-6-5-7-15(12)20(4,17)18/h11-12H,5-10H2,1-4H3. The zero-order valence-electron chi connectivity index (χ0n) is 12.8. The van der Waals surface area contributed by atoms with Crippen molar-refractivity contribution in [3.63, 3.8) is 0 Å². The molecule has 0 spiro atoms. The summed E-state index contributed by atoms with van der Waals surface area (Å²) in [5.41, 5.74) is 0. The Kier molecular flexibility index (Phi) is 6.42. The molecule has 20 heavy (non-hydrogen) atoms. The Morgan fingerprint density at radius 3 is 2.60 bits per heavy atom. The third-order valence-corrected chi connectivity index (χ3v) is 4.67. The first-order valence-corrected chi connectivity index (χ1v) is 8.86. The highest BCUT2D eigenvalue weighted by Crippen LogP contribution is 2.22. The smallest absolute Gasteiger partial charge is 0.241 e. The molecule has 0 aromatic heterocycles. The minimum atomic E-state index is -3.32. The Bertz CT molecular complexity index is 422. The number of hydrogen-bond donors (Lipinski definition) is 0. The van der Waals surface area contributed by atoms with Gasteiger partial charge in [-0.1, -0.05) is 13.8 Å². The third-order valence-electron chi connectivity index (χ3n) is 3.38. The first-order valence-electron chi connectivity index (χ1n) is 7.02. The number of rotatable bonds is 7. The van der Waals surface area contributed by atoms with Crippen molar-refractivity contribution >= 4 is 15.9 Å². The Morgan fingerprint density at radius 1 is 1.45 bits per heavy atom. The second-order valence-corrected chi connectivity index (χ2v) is 7.64. The molecule has 0 N–H and O–H groups in total. The molecule has 1 rings (SSSR count). The van der Waals surface area contributed by atoms with Crippen molar-refractivity contribution in [1.82, 2.24) is 9.21 Å². The van der Waals surface area contributed by atoms with Crippen LogP contribution >= 0.6 is 0 Å². The van der Waals surface area contributed by atoms with E-state index >= 15 is 0 Å². The van der Waals surface area contributed by atoms with Gasteiger partial charge in [-0.25, -0.2) is 8.42 Å². The Balaban J connectivity index is 2.82. The van der Waals surface area contributed by atoms with E-state index in [1.165, 1.54) is 10.6 Å². The number of ether oxygens (including phenoxy) is 1. The van der Waals surface area contributed by atoms with Crippen LogP contribution in [-0.2, 0) is 19.6 Å². The maximum absolute atomic E-state index is 12.6. The summed E-state index contributed by atoms with van der Waals surface area (Å²) in [6.45, 7) is 6.10. The quantitative estimate of drug-likeness (QED) is 0.688. The Labute approximate surface area is 122 Å². The van der Waals surface area contributed by atoms with Gasteiger partial charge in [0.2, 0.25) is 15.9 Å². The van der Waals surface area contributed by atoms with Gasteiger partial charge < -0.3 is 9.64 Å². The molecule has 0 saturated carbocycles. The molecule has 118 valence electrons. The number of nitrogens with zero attached hydrogens (tertiary/aromatic N) is 2. The van der Waals surface area contributed by atoms with Gasteiger partial charge in [-0.3, -0.25) is 4.79 Å². The van der Waals surface area contributed by atoms with Gasteiger partial charge >= 0.3 is 0 Å². The molecule has 1 fully saturated rings. The summed E-state index contributed by atoms with van der Waals surface area (Å²) in [6, 6.07) is -0.541. The topological polar surface area (TPSA) is 66.9 Å². The highest BCUT2D eigenvalue weighted by Gasteiger charge is 2.38. The molecule has 1 atom stereocenters. The van der Waals surface area contributed by atoms with Crippen LogP contribution in [0.25, 0.3) is 0 Å². The van der Waals surface area contributed by atoms with Gasteiger partial charge in [-0.2, -0.15) is 4.31 Å². The zero-order valence-corrected chi connectivity index (χ0v) is 13.6. The van der Waals surface area contributed by atoms with E-state index in [2.05, 4.69) is 0 Å². The molecule has 7 heteroatoms. The van der Waals surface area contributed by atoms with Crippen molar-refractivity contribution in [2.24, 2.45) is 5.92 Å². The van der Waals surface area contributed by atoms with Gasteiger partial charge in [0.05, 0.1) is 12.9 Å². The summed E-state index contributed by atoms with van der Waals surface area (Å²) in [4.78, 5) is 14.3. The average Bonchev–Trinajstić information content (AvgIpc) is 2.82. The van der Waals surface area contributed by atoms with E-state index in [1.807, 2.05) is 13.8 Å². The lowest BCUT2D eigenvalue weighted by molar-refractivity contribution is -0.135. The molecule has 1 aliphatic rings. The van der Waals surface area contributed by atoms with Crippen molar-refractivity contribution in [2.75, 3.05) is 39.6 Å². The Morgan fingerprint density at radius 2 is 2.10 bits per heavy atom. The minimum Gasteiger partial charge on any atom is -0.383 e. The normalized spacial score (nSPS) is 20.6. The van der Waals surface area contributed by atoms with E-state index in [4.69, 9.17) is 4.74 Å². The maximum Gasteiger partial charge on any atom is 0.241 e. The molecule has 0 radical (unpaired) electrons. The molecule has 0 bridgehead atoms. The van der Waals surface area contributed by atoms with E-state index in [0.717, 1.165) is 6.42 Å². The number of sulfonamides is 1. The van der Waals surface area contributed by atoms with Crippen molar-refractivity contribution in [3.05, 3.63) is 0 Å². The van der Waals surface area contributed by atoms with Crippen LogP contribution in [0.5, 0.6) is 0 Å². The number of carbonyl (C=O) groups excluding carboxylic acids is 1. The predicted molar refractivity (Wildman–Crippen MR) is 77.9 cm³/mol. The minimum absolute atomic E-state index is 0.0984. The molecule has 6 nitrogen and oxygen atoms in total. The predicted octanol–water partition coefficient (Wildman–Crippen LogP) is 0.541. The molecule has 0 aromatic carbocycles. The van der Waals surface area contributed by atoms with Gasteiger partial charge in [0.15, 0.2) is 0 Å². The summed E-state index contributed by atoms with van der Waals surface area (Å²) in [5, 5.41) is 0. The monoisotopic (exact) mass is 306 g/mol.